The molecule has 0 heterocycles. The number of hydrogen-bond donors (Lipinski definition) is 0. The van der Waals surface area contributed by atoms with Gasteiger partial charge in [-0.3, -0.25) is 0 Å². The molecule has 0 aliphatic heterocycles. The molecule has 2 rings (SSSR count). The van der Waals surface area contributed by atoms with Crippen LogP contribution in [0.2, 0.25) is 5.02 Å². The molecule has 0 N–H and O–H groups in total. The van der Waals surface area contributed by atoms with E-state index in [1.807, 2.05) is 25.1 Å². The van der Waals surface area contributed by atoms with Crippen LogP contribution in [-0.4, -0.2) is 7.11 Å². The molecular formula is C15H12BrCl2FO. The molecule has 0 bridgehead atoms. The minimum absolute atomic E-state index is 0.346. The average molecular weight is 378 g/mol. The first-order chi connectivity index (χ1) is 9.45. The molecule has 1 nitrogen and oxygen atoms in total. The summed E-state index contributed by atoms with van der Waals surface area (Å²) >= 11 is 15.8. The highest BCUT2D eigenvalue weighted by atomic mass is 79.9. The topological polar surface area (TPSA) is 9.23 Å². The van der Waals surface area contributed by atoms with Crippen LogP contribution in [0.15, 0.2) is 34.8 Å². The third-order valence-corrected chi connectivity index (χ3v) is 4.62. The van der Waals surface area contributed by atoms with Crippen LogP contribution in [-0.2, 0) is 0 Å². The van der Waals surface area contributed by atoms with E-state index in [1.54, 1.807) is 6.07 Å². The maximum absolute atomic E-state index is 13.6. The first-order valence-corrected chi connectivity index (χ1v) is 7.48. The van der Waals surface area contributed by atoms with E-state index in [1.165, 1.54) is 13.2 Å². The Morgan fingerprint density at radius 2 is 1.95 bits per heavy atom. The van der Waals surface area contributed by atoms with Crippen LogP contribution < -0.4 is 4.74 Å². The van der Waals surface area contributed by atoms with Crippen molar-refractivity contribution in [3.63, 3.8) is 0 Å². The van der Waals surface area contributed by atoms with Crippen molar-refractivity contribution in [2.24, 2.45) is 0 Å². The van der Waals surface area contributed by atoms with Crippen LogP contribution >= 0.6 is 39.1 Å². The van der Waals surface area contributed by atoms with Crippen molar-refractivity contribution >= 4 is 39.1 Å². The second-order valence-electron chi connectivity index (χ2n) is 4.32. The monoisotopic (exact) mass is 376 g/mol. The first-order valence-electron chi connectivity index (χ1n) is 5.87. The van der Waals surface area contributed by atoms with Gasteiger partial charge in [-0.25, -0.2) is 4.39 Å². The van der Waals surface area contributed by atoms with E-state index >= 15 is 0 Å². The van der Waals surface area contributed by atoms with Crippen LogP contribution in [0.4, 0.5) is 4.39 Å². The lowest BCUT2D eigenvalue weighted by atomic mass is 9.99. The van der Waals surface area contributed by atoms with Gasteiger partial charge in [0.25, 0.3) is 0 Å². The Bertz CT molecular complexity index is 646. The van der Waals surface area contributed by atoms with Crippen molar-refractivity contribution in [3.8, 4) is 5.75 Å². The summed E-state index contributed by atoms with van der Waals surface area (Å²) in [4.78, 5) is 0. The number of benzene rings is 2. The smallest absolute Gasteiger partial charge is 0.141 e. The number of halogens is 4. The zero-order chi connectivity index (χ0) is 14.9. The Balaban J connectivity index is 2.55. The van der Waals surface area contributed by atoms with Gasteiger partial charge in [0.15, 0.2) is 0 Å². The summed E-state index contributed by atoms with van der Waals surface area (Å²) in [6.45, 7) is 1.90. The Labute approximate surface area is 135 Å². The van der Waals surface area contributed by atoms with E-state index < -0.39 is 11.2 Å². The molecule has 0 radical (unpaired) electrons. The molecule has 0 saturated heterocycles. The highest BCUT2D eigenvalue weighted by Gasteiger charge is 2.20. The van der Waals surface area contributed by atoms with E-state index in [0.717, 1.165) is 11.1 Å². The molecule has 106 valence electrons. The van der Waals surface area contributed by atoms with Crippen LogP contribution in [0.1, 0.15) is 22.1 Å². The largest absolute Gasteiger partial charge is 0.496 e. The summed E-state index contributed by atoms with van der Waals surface area (Å²) in [6.07, 6.45) is 0. The SMILES string of the molecule is COc1cc(F)c(Br)cc1C(Cl)c1cccc(Cl)c1C. The van der Waals surface area contributed by atoms with Crippen molar-refractivity contribution in [1.82, 2.24) is 0 Å². The summed E-state index contributed by atoms with van der Waals surface area (Å²) in [6, 6.07) is 8.49. The summed E-state index contributed by atoms with van der Waals surface area (Å²) in [7, 11) is 1.49. The standard InChI is InChI=1S/C15H12BrCl2FO/c1-8-9(4-3-5-12(8)17)15(18)10-6-11(16)13(19)7-14(10)20-2/h3-7,15H,1-2H3. The van der Waals surface area contributed by atoms with Crippen LogP contribution in [0.25, 0.3) is 0 Å². The highest BCUT2D eigenvalue weighted by molar-refractivity contribution is 9.10. The van der Waals surface area contributed by atoms with E-state index in [2.05, 4.69) is 15.9 Å². The molecule has 0 aliphatic carbocycles. The van der Waals surface area contributed by atoms with E-state index in [0.29, 0.717) is 20.8 Å². The fourth-order valence-corrected chi connectivity index (χ4v) is 2.93. The molecule has 0 fully saturated rings. The van der Waals surface area contributed by atoms with E-state index in [-0.39, 0.29) is 0 Å². The molecule has 0 aliphatic rings. The lowest BCUT2D eigenvalue weighted by Gasteiger charge is -2.17. The molecule has 20 heavy (non-hydrogen) atoms. The number of alkyl halides is 1. The van der Waals surface area contributed by atoms with Gasteiger partial charge in [-0.2, -0.15) is 0 Å². The second kappa shape index (κ2) is 6.33. The maximum Gasteiger partial charge on any atom is 0.141 e. The first kappa shape index (κ1) is 15.6. The third kappa shape index (κ3) is 2.95. The van der Waals surface area contributed by atoms with Gasteiger partial charge in [-0.05, 0) is 46.1 Å². The van der Waals surface area contributed by atoms with Gasteiger partial charge in [-0.1, -0.05) is 23.7 Å². The van der Waals surface area contributed by atoms with Crippen molar-refractivity contribution < 1.29 is 9.13 Å². The zero-order valence-corrected chi connectivity index (χ0v) is 14.0. The molecule has 0 spiro atoms. The lowest BCUT2D eigenvalue weighted by molar-refractivity contribution is 0.406. The normalized spacial score (nSPS) is 12.3. The molecule has 2 aromatic carbocycles. The minimum Gasteiger partial charge on any atom is -0.496 e. The number of hydrogen-bond acceptors (Lipinski definition) is 1. The molecule has 5 heteroatoms. The second-order valence-corrected chi connectivity index (χ2v) is 6.02. The van der Waals surface area contributed by atoms with Crippen molar-refractivity contribution in [2.75, 3.05) is 7.11 Å². The van der Waals surface area contributed by atoms with Gasteiger partial charge in [0.1, 0.15) is 11.6 Å². The quantitative estimate of drug-likeness (QED) is 0.606. The van der Waals surface area contributed by atoms with Gasteiger partial charge in [0.2, 0.25) is 0 Å². The minimum atomic E-state index is -0.472. The molecule has 2 aromatic rings. The number of ether oxygens (including phenoxy) is 1. The summed E-state index contributed by atoms with van der Waals surface area (Å²) in [5.41, 5.74) is 2.46. The Morgan fingerprint density at radius 3 is 2.60 bits per heavy atom. The Kier molecular flexibility index (Phi) is 4.95. The van der Waals surface area contributed by atoms with E-state index in [4.69, 9.17) is 27.9 Å². The third-order valence-electron chi connectivity index (χ3n) is 3.13. The summed E-state index contributed by atoms with van der Waals surface area (Å²) in [5, 5.41) is 0.175. The molecule has 1 atom stereocenters. The molecular weight excluding hydrogens is 366 g/mol. The molecule has 1 unspecified atom stereocenters. The van der Waals surface area contributed by atoms with Crippen LogP contribution in [0.3, 0.4) is 0 Å². The molecule has 0 saturated carbocycles. The Hall–Kier alpha value is -0.770. The van der Waals surface area contributed by atoms with Crippen LogP contribution in [0.5, 0.6) is 5.75 Å². The van der Waals surface area contributed by atoms with Crippen molar-refractivity contribution in [1.29, 1.82) is 0 Å². The predicted octanol–water partition coefficient (Wildman–Crippen LogP) is 5.89. The fraction of sp³-hybridized carbons (Fsp3) is 0.200. The summed E-state index contributed by atoms with van der Waals surface area (Å²) in [5.74, 6) is 0.0161. The van der Waals surface area contributed by atoms with Gasteiger partial charge in [0.05, 0.1) is 17.0 Å². The fourth-order valence-electron chi connectivity index (χ4n) is 1.99. The number of methoxy groups -OCH3 is 1. The van der Waals surface area contributed by atoms with E-state index in [9.17, 15) is 4.39 Å². The van der Waals surface area contributed by atoms with Crippen LogP contribution in [0, 0.1) is 12.7 Å². The Morgan fingerprint density at radius 1 is 1.25 bits per heavy atom. The van der Waals surface area contributed by atoms with Gasteiger partial charge >= 0.3 is 0 Å². The maximum atomic E-state index is 13.6. The lowest BCUT2D eigenvalue weighted by Crippen LogP contribution is -2.01. The summed E-state index contributed by atoms with van der Waals surface area (Å²) < 4.78 is 19.1. The predicted molar refractivity (Wildman–Crippen MR) is 84.5 cm³/mol. The average Bonchev–Trinajstić information content (AvgIpc) is 2.43. The van der Waals surface area contributed by atoms with Crippen molar-refractivity contribution in [2.45, 2.75) is 12.3 Å². The van der Waals surface area contributed by atoms with Crippen molar-refractivity contribution in [3.05, 3.63) is 62.3 Å². The number of rotatable bonds is 3. The van der Waals surface area contributed by atoms with Gasteiger partial charge < -0.3 is 4.74 Å². The zero-order valence-electron chi connectivity index (χ0n) is 10.9. The highest BCUT2D eigenvalue weighted by Crippen LogP contribution is 2.40. The van der Waals surface area contributed by atoms with Gasteiger partial charge in [0, 0.05) is 16.7 Å². The molecule has 0 aromatic heterocycles. The molecule has 0 amide bonds. The van der Waals surface area contributed by atoms with Gasteiger partial charge in [-0.15, -0.1) is 11.6 Å².